The molecule has 0 aromatic heterocycles. The Morgan fingerprint density at radius 1 is 1.35 bits per heavy atom. The molecule has 0 radical (unpaired) electrons. The first-order chi connectivity index (χ1) is 8.20. The van der Waals surface area contributed by atoms with E-state index in [4.69, 9.17) is 0 Å². The molecule has 1 heterocycles. The van der Waals surface area contributed by atoms with E-state index in [1.807, 2.05) is 0 Å². The van der Waals surface area contributed by atoms with Crippen molar-refractivity contribution >= 4 is 11.9 Å². The van der Waals surface area contributed by atoms with Gasteiger partial charge in [-0.15, -0.1) is 0 Å². The Labute approximate surface area is 101 Å². The van der Waals surface area contributed by atoms with Crippen molar-refractivity contribution in [1.29, 1.82) is 0 Å². The number of nitrogens with one attached hydrogen (secondary N) is 3. The smallest absolute Gasteiger partial charge is 0.316 e. The zero-order valence-electron chi connectivity index (χ0n) is 9.88. The molecule has 1 aliphatic heterocycles. The van der Waals surface area contributed by atoms with Crippen molar-refractivity contribution in [3.05, 3.63) is 0 Å². The summed E-state index contributed by atoms with van der Waals surface area (Å²) in [5.41, 5.74) is 0. The average Bonchev–Trinajstić information content (AvgIpc) is 2.84. The van der Waals surface area contributed by atoms with E-state index in [1.54, 1.807) is 7.05 Å². The first kappa shape index (κ1) is 11.8. The molecule has 0 saturated carbocycles. The lowest BCUT2D eigenvalue weighted by Gasteiger charge is -2.15. The monoisotopic (exact) mass is 235 g/mol. The van der Waals surface area contributed by atoms with Gasteiger partial charge in [0, 0.05) is 19.4 Å². The molecular formula is C12H17N3O2. The molecule has 3 unspecified atom stereocenters. The predicted octanol–water partition coefficient (Wildman–Crippen LogP) is -0.0240. The number of urea groups is 1. The van der Waals surface area contributed by atoms with E-state index in [0.717, 1.165) is 19.3 Å². The van der Waals surface area contributed by atoms with Crippen LogP contribution in [0.2, 0.25) is 0 Å². The zero-order valence-corrected chi connectivity index (χ0v) is 9.88. The molecule has 3 atom stereocenters. The van der Waals surface area contributed by atoms with Crippen molar-refractivity contribution in [2.75, 3.05) is 7.05 Å². The highest BCUT2D eigenvalue weighted by Gasteiger charge is 2.38. The van der Waals surface area contributed by atoms with E-state index < -0.39 is 0 Å². The van der Waals surface area contributed by atoms with Crippen LogP contribution in [0.4, 0.5) is 4.79 Å². The second kappa shape index (κ2) is 5.09. The minimum atomic E-state index is -0.121. The minimum Gasteiger partial charge on any atom is -0.359 e. The summed E-state index contributed by atoms with van der Waals surface area (Å²) >= 11 is 0. The maximum absolute atomic E-state index is 11.1. The molecule has 0 spiro atoms. The molecule has 17 heavy (non-hydrogen) atoms. The molecule has 5 nitrogen and oxygen atoms in total. The average molecular weight is 235 g/mol. The third-order valence-corrected chi connectivity index (χ3v) is 3.25. The summed E-state index contributed by atoms with van der Waals surface area (Å²) in [6, 6.07) is -0.0432. The van der Waals surface area contributed by atoms with Crippen LogP contribution in [-0.4, -0.2) is 31.1 Å². The Balaban J connectivity index is 1.69. The van der Waals surface area contributed by atoms with E-state index in [9.17, 15) is 9.59 Å². The maximum Gasteiger partial charge on any atom is 0.316 e. The molecule has 0 aromatic carbocycles. The zero-order chi connectivity index (χ0) is 12.3. The van der Waals surface area contributed by atoms with Crippen LogP contribution >= 0.6 is 0 Å². The number of rotatable bonds is 5. The van der Waals surface area contributed by atoms with Gasteiger partial charge in [0.15, 0.2) is 0 Å². The fourth-order valence-electron chi connectivity index (χ4n) is 2.28. The highest BCUT2D eigenvalue weighted by atomic mass is 16.2. The van der Waals surface area contributed by atoms with Gasteiger partial charge in [0.2, 0.25) is 5.91 Å². The van der Waals surface area contributed by atoms with E-state index in [2.05, 4.69) is 27.8 Å². The number of carbonyl (C=O) groups is 2. The van der Waals surface area contributed by atoms with Crippen molar-refractivity contribution in [3.8, 4) is 11.8 Å². The highest BCUT2D eigenvalue weighted by molar-refractivity contribution is 5.79. The summed E-state index contributed by atoms with van der Waals surface area (Å²) < 4.78 is 0. The number of hydrogen-bond donors (Lipinski definition) is 3. The van der Waals surface area contributed by atoms with Gasteiger partial charge in [-0.05, 0) is 12.8 Å². The molecule has 92 valence electrons. The van der Waals surface area contributed by atoms with Crippen molar-refractivity contribution < 1.29 is 9.59 Å². The number of carbonyl (C=O) groups excluding carboxylic acids is 2. The van der Waals surface area contributed by atoms with Gasteiger partial charge in [-0.2, -0.15) is 0 Å². The Kier molecular flexibility index (Phi) is 3.52. The molecule has 1 aliphatic carbocycles. The summed E-state index contributed by atoms with van der Waals surface area (Å²) in [7, 11) is 1.65. The van der Waals surface area contributed by atoms with Gasteiger partial charge >= 0.3 is 6.03 Å². The highest BCUT2D eigenvalue weighted by Crippen LogP contribution is 2.22. The minimum absolute atomic E-state index is 0.0218. The number of fused-ring (bicyclic) bond motifs is 1. The largest absolute Gasteiger partial charge is 0.359 e. The number of unbranched alkanes of at least 4 members (excludes halogenated alkanes) is 1. The number of hydrogen-bond acceptors (Lipinski definition) is 2. The van der Waals surface area contributed by atoms with Gasteiger partial charge in [0.1, 0.15) is 6.04 Å². The van der Waals surface area contributed by atoms with Gasteiger partial charge in [0.25, 0.3) is 0 Å². The fourth-order valence-corrected chi connectivity index (χ4v) is 2.28. The lowest BCUT2D eigenvalue weighted by Crippen LogP contribution is -2.35. The third kappa shape index (κ3) is 2.70. The first-order valence-electron chi connectivity index (χ1n) is 5.99. The summed E-state index contributed by atoms with van der Waals surface area (Å²) in [5, 5.41) is 8.25. The topological polar surface area (TPSA) is 70.2 Å². The Hall–Kier alpha value is -1.70. The van der Waals surface area contributed by atoms with E-state index in [-0.39, 0.29) is 29.9 Å². The van der Waals surface area contributed by atoms with Crippen LogP contribution in [0.1, 0.15) is 25.7 Å². The van der Waals surface area contributed by atoms with Crippen LogP contribution in [0.15, 0.2) is 0 Å². The van der Waals surface area contributed by atoms with Crippen molar-refractivity contribution in [3.63, 3.8) is 0 Å². The lowest BCUT2D eigenvalue weighted by molar-refractivity contribution is -0.120. The quantitative estimate of drug-likeness (QED) is 0.463. The molecule has 1 saturated heterocycles. The van der Waals surface area contributed by atoms with Crippen LogP contribution < -0.4 is 16.0 Å². The van der Waals surface area contributed by atoms with Crippen LogP contribution in [0.3, 0.4) is 0 Å². The molecule has 0 bridgehead atoms. The van der Waals surface area contributed by atoms with Gasteiger partial charge in [0.05, 0.1) is 6.04 Å². The molecule has 0 aromatic rings. The van der Waals surface area contributed by atoms with Crippen LogP contribution in [-0.2, 0) is 4.79 Å². The maximum atomic E-state index is 11.1. The lowest BCUT2D eigenvalue weighted by atomic mass is 9.95. The molecule has 1 fully saturated rings. The number of amides is 3. The molecule has 2 aliphatic rings. The van der Waals surface area contributed by atoms with Crippen molar-refractivity contribution in [2.45, 2.75) is 37.8 Å². The Bertz CT molecular complexity index is 383. The van der Waals surface area contributed by atoms with Gasteiger partial charge in [-0.3, -0.25) is 4.79 Å². The summed E-state index contributed by atoms with van der Waals surface area (Å²) in [6.07, 6.45) is 3.34. The molecule has 3 amide bonds. The van der Waals surface area contributed by atoms with Gasteiger partial charge in [-0.25, -0.2) is 4.79 Å². The molecular weight excluding hydrogens is 218 g/mol. The van der Waals surface area contributed by atoms with Gasteiger partial charge < -0.3 is 16.0 Å². The molecule has 5 heteroatoms. The SMILES string of the molecule is CNC(=O)CCCCC1C#CC2NC(=O)NC12. The van der Waals surface area contributed by atoms with Crippen molar-refractivity contribution in [2.24, 2.45) is 5.92 Å². The van der Waals surface area contributed by atoms with E-state index in [0.29, 0.717) is 6.42 Å². The summed E-state index contributed by atoms with van der Waals surface area (Å²) in [6.45, 7) is 0. The van der Waals surface area contributed by atoms with Crippen LogP contribution in [0.25, 0.3) is 0 Å². The van der Waals surface area contributed by atoms with Crippen LogP contribution in [0, 0.1) is 17.8 Å². The predicted molar refractivity (Wildman–Crippen MR) is 63.0 cm³/mol. The van der Waals surface area contributed by atoms with Gasteiger partial charge in [-0.1, -0.05) is 18.3 Å². The Morgan fingerprint density at radius 3 is 2.94 bits per heavy atom. The fraction of sp³-hybridized carbons (Fsp3) is 0.667. The van der Waals surface area contributed by atoms with Crippen LogP contribution in [0.5, 0.6) is 0 Å². The standard InChI is InChI=1S/C12H17N3O2/c1-13-10(16)5-3-2-4-8-6-7-9-11(8)15-12(17)14-9/h8-9,11H,2-5H2,1H3,(H,13,16)(H2,14,15,17). The second-order valence-corrected chi connectivity index (χ2v) is 4.44. The van der Waals surface area contributed by atoms with E-state index >= 15 is 0 Å². The Morgan fingerprint density at radius 2 is 2.18 bits per heavy atom. The summed E-state index contributed by atoms with van der Waals surface area (Å²) in [4.78, 5) is 22.1. The third-order valence-electron chi connectivity index (χ3n) is 3.25. The van der Waals surface area contributed by atoms with Crippen molar-refractivity contribution in [1.82, 2.24) is 16.0 Å². The second-order valence-electron chi connectivity index (χ2n) is 4.44. The first-order valence-corrected chi connectivity index (χ1v) is 5.99. The normalized spacial score (nSPS) is 28.8. The van der Waals surface area contributed by atoms with E-state index in [1.165, 1.54) is 0 Å². The molecule has 3 N–H and O–H groups in total. The summed E-state index contributed by atoms with van der Waals surface area (Å²) in [5.74, 6) is 6.50. The molecule has 2 rings (SSSR count).